The molecule has 0 bridgehead atoms. The average Bonchev–Trinajstić information content (AvgIpc) is 3.38. The first kappa shape index (κ1) is 19.2. The Kier molecular flexibility index (Phi) is 5.53. The Bertz CT molecular complexity index is 801. The van der Waals surface area contributed by atoms with Gasteiger partial charge >= 0.3 is 0 Å². The number of hydrogen-bond donors (Lipinski definition) is 2. The number of nitrogens with zero attached hydrogens (tertiary/aromatic N) is 4. The highest BCUT2D eigenvalue weighted by Gasteiger charge is 2.48. The van der Waals surface area contributed by atoms with E-state index in [1.807, 2.05) is 13.1 Å². The maximum Gasteiger partial charge on any atom is 0.223 e. The largest absolute Gasteiger partial charge is 0.348 e. The molecule has 2 N–H and O–H groups in total. The number of aromatic amines is 2. The number of likely N-dealkylation sites (tertiary alicyclic amines) is 1. The predicted molar refractivity (Wildman–Crippen MR) is 108 cm³/mol. The van der Waals surface area contributed by atoms with E-state index in [1.54, 1.807) is 6.33 Å². The summed E-state index contributed by atoms with van der Waals surface area (Å²) < 4.78 is 0. The van der Waals surface area contributed by atoms with Crippen LogP contribution >= 0.6 is 0 Å². The van der Waals surface area contributed by atoms with E-state index in [0.29, 0.717) is 6.42 Å². The van der Waals surface area contributed by atoms with Crippen molar-refractivity contribution in [3.8, 4) is 0 Å². The summed E-state index contributed by atoms with van der Waals surface area (Å²) >= 11 is 0. The monoisotopic (exact) mass is 384 g/mol. The lowest BCUT2D eigenvalue weighted by atomic mass is 9.78. The van der Waals surface area contributed by atoms with E-state index in [1.165, 1.54) is 24.2 Å². The number of piperidine rings is 1. The summed E-state index contributed by atoms with van der Waals surface area (Å²) in [5.74, 6) is 1.34. The molecule has 152 valence electrons. The molecule has 0 aliphatic carbocycles. The molecule has 0 saturated carbocycles. The molecule has 7 nitrogen and oxygen atoms in total. The van der Waals surface area contributed by atoms with Gasteiger partial charge in [-0.2, -0.15) is 0 Å². The van der Waals surface area contributed by atoms with Gasteiger partial charge in [0.1, 0.15) is 5.82 Å². The van der Waals surface area contributed by atoms with Gasteiger partial charge in [0.15, 0.2) is 0 Å². The second-order valence-electron chi connectivity index (χ2n) is 8.15. The molecule has 7 heteroatoms. The van der Waals surface area contributed by atoms with Gasteiger partial charge in [0.25, 0.3) is 0 Å². The topological polar surface area (TPSA) is 80.9 Å². The Hall–Kier alpha value is -2.15. The molecule has 2 aliphatic heterocycles. The van der Waals surface area contributed by atoms with Crippen LogP contribution in [0.2, 0.25) is 0 Å². The number of H-pyrrole nitrogens is 2. The molecule has 1 saturated heterocycles. The lowest BCUT2D eigenvalue weighted by Gasteiger charge is -2.50. The second kappa shape index (κ2) is 8.07. The molecule has 0 atom stereocenters. The Morgan fingerprint density at radius 3 is 2.79 bits per heavy atom. The molecule has 2 aliphatic rings. The number of aromatic nitrogens is 4. The Morgan fingerprint density at radius 1 is 1.21 bits per heavy atom. The highest BCUT2D eigenvalue weighted by molar-refractivity contribution is 5.77. The van der Waals surface area contributed by atoms with Gasteiger partial charge in [-0.15, -0.1) is 0 Å². The highest BCUT2D eigenvalue weighted by Crippen LogP contribution is 2.42. The number of hydrogen-bond acceptors (Lipinski definition) is 4. The average molecular weight is 385 g/mol. The van der Waals surface area contributed by atoms with Crippen LogP contribution in [0.1, 0.15) is 68.9 Å². The second-order valence-corrected chi connectivity index (χ2v) is 8.15. The predicted octanol–water partition coefficient (Wildman–Crippen LogP) is 2.76. The van der Waals surface area contributed by atoms with Crippen LogP contribution in [-0.2, 0) is 29.7 Å². The number of unbranched alkanes of at least 4 members (excludes halogenated alkanes) is 1. The lowest BCUT2D eigenvalue weighted by molar-refractivity contribution is -0.141. The Labute approximate surface area is 166 Å². The summed E-state index contributed by atoms with van der Waals surface area (Å²) in [6, 6.07) is 0. The molecule has 0 aromatic carbocycles. The van der Waals surface area contributed by atoms with Crippen molar-refractivity contribution in [1.82, 2.24) is 29.7 Å². The van der Waals surface area contributed by atoms with Gasteiger partial charge in [-0.3, -0.25) is 9.69 Å². The molecule has 0 radical (unpaired) electrons. The van der Waals surface area contributed by atoms with Crippen LogP contribution in [0.4, 0.5) is 0 Å². The van der Waals surface area contributed by atoms with E-state index >= 15 is 0 Å². The number of rotatable bonds is 6. The van der Waals surface area contributed by atoms with Crippen LogP contribution in [0.5, 0.6) is 0 Å². The number of fused-ring (bicyclic) bond motifs is 2. The first-order valence-corrected chi connectivity index (χ1v) is 10.7. The van der Waals surface area contributed by atoms with Crippen molar-refractivity contribution in [3.63, 3.8) is 0 Å². The van der Waals surface area contributed by atoms with Crippen molar-refractivity contribution >= 4 is 5.91 Å². The minimum Gasteiger partial charge on any atom is -0.348 e. The van der Waals surface area contributed by atoms with Crippen molar-refractivity contribution in [2.45, 2.75) is 70.9 Å². The summed E-state index contributed by atoms with van der Waals surface area (Å²) in [6.45, 7) is 7.77. The first-order chi connectivity index (χ1) is 13.7. The van der Waals surface area contributed by atoms with Gasteiger partial charge in [-0.1, -0.05) is 20.3 Å². The molecule has 0 unspecified atom stereocenters. The fourth-order valence-electron chi connectivity index (χ4n) is 4.82. The molecular weight excluding hydrogens is 352 g/mol. The van der Waals surface area contributed by atoms with E-state index in [-0.39, 0.29) is 11.4 Å². The first-order valence-electron chi connectivity index (χ1n) is 10.7. The molecule has 2 aromatic heterocycles. The van der Waals surface area contributed by atoms with Crippen LogP contribution in [0, 0.1) is 0 Å². The Balaban J connectivity index is 1.45. The van der Waals surface area contributed by atoms with Gasteiger partial charge in [0, 0.05) is 63.0 Å². The van der Waals surface area contributed by atoms with E-state index in [0.717, 1.165) is 63.4 Å². The van der Waals surface area contributed by atoms with E-state index < -0.39 is 0 Å². The van der Waals surface area contributed by atoms with Gasteiger partial charge < -0.3 is 14.9 Å². The molecule has 4 heterocycles. The maximum absolute atomic E-state index is 12.7. The number of nitrogens with one attached hydrogen (secondary N) is 2. The fraction of sp³-hybridized carbons (Fsp3) is 0.667. The minimum absolute atomic E-state index is 0.239. The standard InChI is InChI=1S/C21H32N6O/c1-3-5-6-18-22-13-16(25-18)14-26-11-8-21(9-12-26)20-17(23-15-24-20)7-10-27(21)19(28)4-2/h13,15H,3-12,14H2,1-2H3,(H,22,25)(H,23,24). The molecule has 1 amide bonds. The highest BCUT2D eigenvalue weighted by atomic mass is 16.2. The SMILES string of the molecule is CCCCc1ncc(CN2CCC3(CC2)c2nc[nH]c2CCN3C(=O)CC)[nH]1. The quantitative estimate of drug-likeness (QED) is 0.802. The zero-order chi connectivity index (χ0) is 19.6. The van der Waals surface area contributed by atoms with Gasteiger partial charge in [0.2, 0.25) is 5.91 Å². The van der Waals surface area contributed by atoms with Crippen molar-refractivity contribution in [1.29, 1.82) is 0 Å². The molecular formula is C21H32N6O. The zero-order valence-corrected chi connectivity index (χ0v) is 17.1. The van der Waals surface area contributed by atoms with Crippen LogP contribution in [0.3, 0.4) is 0 Å². The Morgan fingerprint density at radius 2 is 2.04 bits per heavy atom. The fourth-order valence-corrected chi connectivity index (χ4v) is 4.82. The van der Waals surface area contributed by atoms with Crippen LogP contribution < -0.4 is 0 Å². The van der Waals surface area contributed by atoms with Crippen molar-refractivity contribution < 1.29 is 4.79 Å². The molecule has 2 aromatic rings. The van der Waals surface area contributed by atoms with Crippen molar-refractivity contribution in [2.75, 3.05) is 19.6 Å². The lowest BCUT2D eigenvalue weighted by Crippen LogP contribution is -2.58. The summed E-state index contributed by atoms with van der Waals surface area (Å²) in [5.41, 5.74) is 3.26. The van der Waals surface area contributed by atoms with Crippen LogP contribution in [0.15, 0.2) is 12.5 Å². The molecule has 1 fully saturated rings. The number of aryl methyl sites for hydroxylation is 1. The minimum atomic E-state index is -0.239. The van der Waals surface area contributed by atoms with Crippen LogP contribution in [-0.4, -0.2) is 55.3 Å². The summed E-state index contributed by atoms with van der Waals surface area (Å²) in [6.07, 6.45) is 10.5. The normalized spacial score (nSPS) is 19.1. The third-order valence-electron chi connectivity index (χ3n) is 6.39. The third-order valence-corrected chi connectivity index (χ3v) is 6.39. The van der Waals surface area contributed by atoms with Crippen molar-refractivity contribution in [3.05, 3.63) is 35.4 Å². The third kappa shape index (κ3) is 3.48. The summed E-state index contributed by atoms with van der Waals surface area (Å²) in [4.78, 5) is 33.2. The molecule has 28 heavy (non-hydrogen) atoms. The number of carbonyl (C=O) groups is 1. The smallest absolute Gasteiger partial charge is 0.223 e. The summed E-state index contributed by atoms with van der Waals surface area (Å²) in [5, 5.41) is 0. The maximum atomic E-state index is 12.7. The summed E-state index contributed by atoms with van der Waals surface area (Å²) in [7, 11) is 0. The molecule has 1 spiro atoms. The van der Waals surface area contributed by atoms with Crippen molar-refractivity contribution in [2.24, 2.45) is 0 Å². The van der Waals surface area contributed by atoms with Gasteiger partial charge in [-0.25, -0.2) is 9.97 Å². The zero-order valence-electron chi connectivity index (χ0n) is 17.1. The van der Waals surface area contributed by atoms with Gasteiger partial charge in [0.05, 0.1) is 17.6 Å². The molecule has 4 rings (SSSR count). The number of imidazole rings is 2. The van der Waals surface area contributed by atoms with Crippen LogP contribution in [0.25, 0.3) is 0 Å². The van der Waals surface area contributed by atoms with E-state index in [9.17, 15) is 4.79 Å². The van der Waals surface area contributed by atoms with E-state index in [4.69, 9.17) is 0 Å². The number of amides is 1. The van der Waals surface area contributed by atoms with E-state index in [2.05, 4.69) is 36.7 Å². The number of carbonyl (C=O) groups excluding carboxylic acids is 1. The van der Waals surface area contributed by atoms with Gasteiger partial charge in [-0.05, 0) is 19.3 Å².